The molecular weight excluding hydrogens is 366 g/mol. The molecule has 0 unspecified atom stereocenters. The molecule has 1 N–H and O–H groups in total. The van der Waals surface area contributed by atoms with E-state index in [0.717, 1.165) is 22.7 Å². The van der Waals surface area contributed by atoms with Crippen LogP contribution in [0, 0.1) is 6.92 Å². The lowest BCUT2D eigenvalue weighted by molar-refractivity contribution is 0.296. The van der Waals surface area contributed by atoms with E-state index in [9.17, 15) is 4.79 Å². The third-order valence-corrected chi connectivity index (χ3v) is 4.45. The predicted molar refractivity (Wildman–Crippen MR) is 110 cm³/mol. The molecule has 1 aromatic carbocycles. The first-order valence-electron chi connectivity index (χ1n) is 9.44. The number of ether oxygens (including phenoxy) is 1. The zero-order valence-electron chi connectivity index (χ0n) is 16.3. The fraction of sp³-hybridized carbons (Fsp3) is 0.182. The number of hydrogen-bond acceptors (Lipinski definition) is 5. The van der Waals surface area contributed by atoms with Gasteiger partial charge in [0.05, 0.1) is 0 Å². The third kappa shape index (κ3) is 4.08. The molecule has 0 saturated heterocycles. The zero-order chi connectivity index (χ0) is 20.2. The van der Waals surface area contributed by atoms with Gasteiger partial charge in [-0.05, 0) is 43.7 Å². The van der Waals surface area contributed by atoms with Crippen molar-refractivity contribution in [3.63, 3.8) is 0 Å². The van der Waals surface area contributed by atoms with Crippen LogP contribution in [0.4, 0.5) is 0 Å². The van der Waals surface area contributed by atoms with E-state index >= 15 is 0 Å². The summed E-state index contributed by atoms with van der Waals surface area (Å²) in [6.07, 6.45) is 0.662. The van der Waals surface area contributed by atoms with Gasteiger partial charge in [0.1, 0.15) is 12.4 Å². The van der Waals surface area contributed by atoms with Crippen molar-refractivity contribution >= 4 is 0 Å². The van der Waals surface area contributed by atoms with E-state index in [-0.39, 0.29) is 12.2 Å². The highest BCUT2D eigenvalue weighted by Crippen LogP contribution is 2.23. The lowest BCUT2D eigenvalue weighted by Crippen LogP contribution is -2.10. The number of rotatable bonds is 6. The maximum atomic E-state index is 11.8. The summed E-state index contributed by atoms with van der Waals surface area (Å²) in [7, 11) is 0. The van der Waals surface area contributed by atoms with Crippen LogP contribution in [0.15, 0.2) is 65.5 Å². The number of para-hydroxylation sites is 1. The van der Waals surface area contributed by atoms with Crippen LogP contribution in [0.3, 0.4) is 0 Å². The number of hydrogen-bond donors (Lipinski definition) is 1. The first kappa shape index (κ1) is 18.6. The first-order valence-corrected chi connectivity index (χ1v) is 9.44. The smallest absolute Gasteiger partial charge is 0.248 e. The van der Waals surface area contributed by atoms with E-state index in [1.54, 1.807) is 10.7 Å². The normalized spacial score (nSPS) is 10.8. The summed E-state index contributed by atoms with van der Waals surface area (Å²) in [5.41, 5.74) is 2.35. The molecule has 0 saturated carbocycles. The summed E-state index contributed by atoms with van der Waals surface area (Å²) in [4.78, 5) is 23.9. The van der Waals surface area contributed by atoms with E-state index < -0.39 is 0 Å². The Morgan fingerprint density at radius 2 is 1.83 bits per heavy atom. The van der Waals surface area contributed by atoms with Gasteiger partial charge in [-0.2, -0.15) is 4.68 Å². The first-order chi connectivity index (χ1) is 14.1. The number of aromatic nitrogens is 5. The highest BCUT2D eigenvalue weighted by Gasteiger charge is 2.18. The second-order valence-electron chi connectivity index (χ2n) is 6.57. The van der Waals surface area contributed by atoms with Crippen LogP contribution in [-0.2, 0) is 13.0 Å². The molecule has 3 aromatic heterocycles. The van der Waals surface area contributed by atoms with Crippen LogP contribution < -0.4 is 10.3 Å². The van der Waals surface area contributed by atoms with Crippen molar-refractivity contribution in [1.29, 1.82) is 0 Å². The van der Waals surface area contributed by atoms with Crippen molar-refractivity contribution in [2.45, 2.75) is 26.9 Å². The quantitative estimate of drug-likeness (QED) is 0.547. The monoisotopic (exact) mass is 387 g/mol. The van der Waals surface area contributed by atoms with Crippen LogP contribution in [-0.4, -0.2) is 24.7 Å². The molecule has 0 bridgehead atoms. The number of nitrogens with zero attached hydrogens (tertiary/aromatic N) is 4. The van der Waals surface area contributed by atoms with Gasteiger partial charge in [0, 0.05) is 23.0 Å². The average Bonchev–Trinajstić information content (AvgIpc) is 3.17. The van der Waals surface area contributed by atoms with Crippen molar-refractivity contribution < 1.29 is 4.74 Å². The summed E-state index contributed by atoms with van der Waals surface area (Å²) in [5.74, 6) is 2.55. The minimum absolute atomic E-state index is 0.141. The standard InChI is InChI=1S/C22H21N5O2/c1-3-18-17(12-13-21(28)24-18)22-25-19(14-29-16-9-5-4-6-10-16)26-27(22)20-11-7-8-15(2)23-20/h4-13H,3,14H2,1-2H3,(H,24,28). The molecule has 29 heavy (non-hydrogen) atoms. The molecule has 7 heteroatoms. The van der Waals surface area contributed by atoms with Gasteiger partial charge in [-0.3, -0.25) is 4.79 Å². The molecule has 146 valence electrons. The van der Waals surface area contributed by atoms with E-state index in [2.05, 4.69) is 15.1 Å². The highest BCUT2D eigenvalue weighted by atomic mass is 16.5. The minimum Gasteiger partial charge on any atom is -0.486 e. The molecule has 0 amide bonds. The van der Waals surface area contributed by atoms with Gasteiger partial charge in [-0.1, -0.05) is 31.2 Å². The molecule has 4 rings (SSSR count). The van der Waals surface area contributed by atoms with Crippen LogP contribution >= 0.6 is 0 Å². The van der Waals surface area contributed by atoms with Crippen molar-refractivity contribution in [3.8, 4) is 23.0 Å². The lowest BCUT2D eigenvalue weighted by atomic mass is 10.1. The minimum atomic E-state index is -0.141. The van der Waals surface area contributed by atoms with Crippen LogP contribution in [0.25, 0.3) is 17.2 Å². The zero-order valence-corrected chi connectivity index (χ0v) is 16.3. The van der Waals surface area contributed by atoms with E-state index in [0.29, 0.717) is 23.9 Å². The molecule has 7 nitrogen and oxygen atoms in total. The Kier molecular flexibility index (Phi) is 5.20. The molecule has 0 aliphatic heterocycles. The topological polar surface area (TPSA) is 85.7 Å². The summed E-state index contributed by atoms with van der Waals surface area (Å²) in [6, 6.07) is 18.5. The lowest BCUT2D eigenvalue weighted by Gasteiger charge is -2.09. The fourth-order valence-corrected chi connectivity index (χ4v) is 3.07. The Morgan fingerprint density at radius 3 is 2.59 bits per heavy atom. The van der Waals surface area contributed by atoms with Gasteiger partial charge in [-0.15, -0.1) is 5.10 Å². The number of pyridine rings is 2. The molecule has 0 fully saturated rings. The molecule has 0 aliphatic rings. The van der Waals surface area contributed by atoms with E-state index in [1.807, 2.05) is 62.4 Å². The van der Waals surface area contributed by atoms with Crippen LogP contribution in [0.5, 0.6) is 5.75 Å². The maximum Gasteiger partial charge on any atom is 0.248 e. The predicted octanol–water partition coefficient (Wildman–Crippen LogP) is 3.47. The molecule has 4 aromatic rings. The number of H-pyrrole nitrogens is 1. The second-order valence-corrected chi connectivity index (χ2v) is 6.57. The number of aryl methyl sites for hydroxylation is 2. The van der Waals surface area contributed by atoms with Crippen molar-refractivity contribution in [3.05, 3.63) is 88.2 Å². The number of benzene rings is 1. The molecule has 0 spiro atoms. The number of nitrogens with one attached hydrogen (secondary N) is 1. The van der Waals surface area contributed by atoms with Crippen molar-refractivity contribution in [2.24, 2.45) is 0 Å². The summed E-state index contributed by atoms with van der Waals surface area (Å²) in [5, 5.41) is 4.64. The Bertz CT molecular complexity index is 1180. The summed E-state index contributed by atoms with van der Waals surface area (Å²) < 4.78 is 7.51. The second kappa shape index (κ2) is 8.10. The van der Waals surface area contributed by atoms with Gasteiger partial charge in [0.15, 0.2) is 17.5 Å². The van der Waals surface area contributed by atoms with Crippen molar-refractivity contribution in [1.82, 2.24) is 24.7 Å². The molecular formula is C22H21N5O2. The summed E-state index contributed by atoms with van der Waals surface area (Å²) >= 11 is 0. The van der Waals surface area contributed by atoms with Crippen molar-refractivity contribution in [2.75, 3.05) is 0 Å². The maximum absolute atomic E-state index is 11.8. The summed E-state index contributed by atoms with van der Waals surface area (Å²) in [6.45, 7) is 4.14. The third-order valence-electron chi connectivity index (χ3n) is 4.45. The average molecular weight is 387 g/mol. The van der Waals surface area contributed by atoms with Crippen LogP contribution in [0.2, 0.25) is 0 Å². The van der Waals surface area contributed by atoms with Gasteiger partial charge >= 0.3 is 0 Å². The van der Waals surface area contributed by atoms with Gasteiger partial charge in [-0.25, -0.2) is 9.97 Å². The Morgan fingerprint density at radius 1 is 1.00 bits per heavy atom. The molecule has 0 radical (unpaired) electrons. The van der Waals surface area contributed by atoms with E-state index in [1.165, 1.54) is 6.07 Å². The molecule has 0 aliphatic carbocycles. The van der Waals surface area contributed by atoms with Gasteiger partial charge in [0.25, 0.3) is 0 Å². The molecule has 0 atom stereocenters. The Labute approximate surface area is 168 Å². The van der Waals surface area contributed by atoms with Gasteiger partial charge in [0.2, 0.25) is 5.56 Å². The number of aromatic amines is 1. The SMILES string of the molecule is CCc1[nH]c(=O)ccc1-c1nc(COc2ccccc2)nn1-c1cccc(C)n1. The Balaban J connectivity index is 1.78. The highest BCUT2D eigenvalue weighted by molar-refractivity contribution is 5.60. The van der Waals surface area contributed by atoms with E-state index in [4.69, 9.17) is 9.72 Å². The van der Waals surface area contributed by atoms with Crippen LogP contribution in [0.1, 0.15) is 24.1 Å². The van der Waals surface area contributed by atoms with Gasteiger partial charge < -0.3 is 9.72 Å². The largest absolute Gasteiger partial charge is 0.486 e. The fourth-order valence-electron chi connectivity index (χ4n) is 3.07. The molecule has 3 heterocycles. The Hall–Kier alpha value is -3.74.